The normalized spacial score (nSPS) is 16.7. The summed E-state index contributed by atoms with van der Waals surface area (Å²) in [5, 5.41) is 35.1. The number of halogens is 5. The topological polar surface area (TPSA) is 166 Å². The first kappa shape index (κ1) is 27.9. The van der Waals surface area contributed by atoms with Gasteiger partial charge in [-0.3, -0.25) is 4.79 Å². The monoisotopic (exact) mass is 482 g/mol. The van der Waals surface area contributed by atoms with Crippen molar-refractivity contribution in [2.45, 2.75) is 61.4 Å². The maximum Gasteiger partial charge on any atom is 0.348 e. The van der Waals surface area contributed by atoms with Crippen LogP contribution in [0.2, 0.25) is 0 Å². The van der Waals surface area contributed by atoms with Crippen LogP contribution in [0, 0.1) is 5.41 Å². The van der Waals surface area contributed by atoms with E-state index in [0.29, 0.717) is 0 Å². The molecule has 0 rings (SSSR count). The maximum atomic E-state index is 13.6. The summed E-state index contributed by atoms with van der Waals surface area (Å²) < 4.78 is 37.6. The highest BCUT2D eigenvalue weighted by atomic mass is 35.5. The van der Waals surface area contributed by atoms with Gasteiger partial charge in [0.15, 0.2) is 24.3 Å². The van der Waals surface area contributed by atoms with Crippen LogP contribution in [0.25, 0.3) is 0 Å². The summed E-state index contributed by atoms with van der Waals surface area (Å²) in [6.07, 6.45) is -13.1. The first-order valence-corrected chi connectivity index (χ1v) is 9.11. The average molecular weight is 483 g/mol. The SMILES string of the molecule is O=C(O)C(F)CCC(CCC(F)C(=O)O)(CCC(F)C(=O)O)C(=O)C(Cl)(Cl)C(=O)O. The second kappa shape index (κ2) is 11.3. The molecule has 0 aromatic carbocycles. The van der Waals surface area contributed by atoms with E-state index in [1.165, 1.54) is 0 Å². The lowest BCUT2D eigenvalue weighted by atomic mass is 9.69. The number of carbonyl (C=O) groups excluding carboxylic acids is 1. The summed E-state index contributed by atoms with van der Waals surface area (Å²) >= 11 is 11.1. The molecular formula is C16H19Cl2F3O9. The number of hydrogen-bond acceptors (Lipinski definition) is 5. The van der Waals surface area contributed by atoms with Crippen LogP contribution in [0.4, 0.5) is 13.2 Å². The number of carbonyl (C=O) groups is 5. The van der Waals surface area contributed by atoms with E-state index in [0.717, 1.165) is 0 Å². The van der Waals surface area contributed by atoms with Gasteiger partial charge in [0.25, 0.3) is 4.33 Å². The molecule has 30 heavy (non-hydrogen) atoms. The summed E-state index contributed by atoms with van der Waals surface area (Å²) in [4.78, 5) is 56.2. The van der Waals surface area contributed by atoms with Crippen molar-refractivity contribution in [2.75, 3.05) is 0 Å². The fourth-order valence-corrected chi connectivity index (χ4v) is 3.13. The average Bonchev–Trinajstić information content (AvgIpc) is 2.65. The molecule has 3 atom stereocenters. The fraction of sp³-hybridized carbons (Fsp3) is 0.688. The number of hydrogen-bond donors (Lipinski definition) is 4. The van der Waals surface area contributed by atoms with Crippen molar-refractivity contribution in [3.05, 3.63) is 0 Å². The van der Waals surface area contributed by atoms with E-state index >= 15 is 0 Å². The van der Waals surface area contributed by atoms with E-state index in [2.05, 4.69) is 0 Å². The molecule has 0 aromatic rings. The van der Waals surface area contributed by atoms with Crippen LogP contribution in [0.15, 0.2) is 0 Å². The lowest BCUT2D eigenvalue weighted by molar-refractivity contribution is -0.149. The Morgan fingerprint density at radius 3 is 1.13 bits per heavy atom. The third-order valence-electron chi connectivity index (χ3n) is 4.47. The molecule has 0 aliphatic carbocycles. The Morgan fingerprint density at radius 2 is 0.933 bits per heavy atom. The summed E-state index contributed by atoms with van der Waals surface area (Å²) in [5.41, 5.74) is -2.32. The number of rotatable bonds is 15. The molecule has 0 fully saturated rings. The van der Waals surface area contributed by atoms with Gasteiger partial charge in [-0.2, -0.15) is 0 Å². The van der Waals surface area contributed by atoms with Crippen LogP contribution in [0.1, 0.15) is 38.5 Å². The maximum absolute atomic E-state index is 13.6. The lowest BCUT2D eigenvalue weighted by Crippen LogP contribution is -2.48. The smallest absolute Gasteiger partial charge is 0.348 e. The Balaban J connectivity index is 6.15. The summed E-state index contributed by atoms with van der Waals surface area (Å²) in [6, 6.07) is 0. The summed E-state index contributed by atoms with van der Waals surface area (Å²) in [5.74, 6) is -9.53. The van der Waals surface area contributed by atoms with E-state index in [9.17, 15) is 37.1 Å². The number of ketones is 1. The fourth-order valence-electron chi connectivity index (χ4n) is 2.73. The minimum Gasteiger partial charge on any atom is -0.479 e. The molecule has 0 radical (unpaired) electrons. The van der Waals surface area contributed by atoms with Crippen LogP contribution in [-0.4, -0.2) is 72.9 Å². The predicted octanol–water partition coefficient (Wildman–Crippen LogP) is 2.41. The second-order valence-electron chi connectivity index (χ2n) is 6.52. The number of carboxylic acid groups (broad SMARTS) is 4. The molecule has 172 valence electrons. The Kier molecular flexibility index (Phi) is 10.6. The quantitative estimate of drug-likeness (QED) is 0.202. The van der Waals surface area contributed by atoms with Crippen LogP contribution < -0.4 is 0 Å². The number of aliphatic carboxylic acids is 4. The zero-order chi connectivity index (χ0) is 23.9. The summed E-state index contributed by atoms with van der Waals surface area (Å²) in [7, 11) is 0. The van der Waals surface area contributed by atoms with Gasteiger partial charge in [-0.05, 0) is 38.5 Å². The van der Waals surface area contributed by atoms with Crippen molar-refractivity contribution in [2.24, 2.45) is 5.41 Å². The third kappa shape index (κ3) is 7.63. The van der Waals surface area contributed by atoms with Gasteiger partial charge < -0.3 is 20.4 Å². The van der Waals surface area contributed by atoms with Crippen LogP contribution in [0.5, 0.6) is 0 Å². The first-order valence-electron chi connectivity index (χ1n) is 8.35. The number of carboxylic acids is 4. The predicted molar refractivity (Wildman–Crippen MR) is 94.8 cm³/mol. The van der Waals surface area contributed by atoms with E-state index < -0.39 is 96.4 Å². The van der Waals surface area contributed by atoms with Crippen molar-refractivity contribution in [1.29, 1.82) is 0 Å². The van der Waals surface area contributed by atoms with Gasteiger partial charge in [0.05, 0.1) is 0 Å². The molecule has 0 spiro atoms. The standard InChI is InChI=1S/C16H19Cl2F3O9/c17-16(18,14(29)30)13(28)15(4-1-7(19)10(22)23,5-2-8(20)11(24)25)6-3-9(21)12(26)27/h7-9H,1-6H2,(H,22,23)(H,24,25)(H,26,27)(H,29,30). The molecule has 0 heterocycles. The molecule has 4 N–H and O–H groups in total. The molecule has 9 nitrogen and oxygen atoms in total. The minimum atomic E-state index is -3.21. The molecule has 0 aromatic heterocycles. The largest absolute Gasteiger partial charge is 0.479 e. The van der Waals surface area contributed by atoms with E-state index in [1.807, 2.05) is 0 Å². The Morgan fingerprint density at radius 1 is 0.667 bits per heavy atom. The van der Waals surface area contributed by atoms with Crippen molar-refractivity contribution >= 4 is 52.9 Å². The first-order chi connectivity index (χ1) is 13.6. The van der Waals surface area contributed by atoms with Gasteiger partial charge in [0.2, 0.25) is 0 Å². The summed E-state index contributed by atoms with van der Waals surface area (Å²) in [6.45, 7) is 0. The number of Topliss-reactive ketones (excluding diaryl/α,β-unsaturated/α-hetero) is 1. The molecule has 0 saturated carbocycles. The highest BCUT2D eigenvalue weighted by molar-refractivity contribution is 6.67. The van der Waals surface area contributed by atoms with Gasteiger partial charge in [-0.1, -0.05) is 23.2 Å². The second-order valence-corrected chi connectivity index (χ2v) is 7.85. The molecular weight excluding hydrogens is 464 g/mol. The Hall–Kier alpha value is -2.08. The molecule has 3 unspecified atom stereocenters. The van der Waals surface area contributed by atoms with Gasteiger partial charge >= 0.3 is 23.9 Å². The van der Waals surface area contributed by atoms with Gasteiger partial charge in [0, 0.05) is 5.41 Å². The van der Waals surface area contributed by atoms with E-state index in [-0.39, 0.29) is 0 Å². The molecule has 0 saturated heterocycles. The zero-order valence-electron chi connectivity index (χ0n) is 15.2. The van der Waals surface area contributed by atoms with Crippen molar-refractivity contribution in [3.8, 4) is 0 Å². The number of alkyl halides is 5. The Bertz CT molecular complexity index is 627. The molecule has 14 heteroatoms. The zero-order valence-corrected chi connectivity index (χ0v) is 16.7. The van der Waals surface area contributed by atoms with Crippen molar-refractivity contribution in [1.82, 2.24) is 0 Å². The van der Waals surface area contributed by atoms with Gasteiger partial charge in [-0.15, -0.1) is 0 Å². The van der Waals surface area contributed by atoms with Crippen molar-refractivity contribution < 1.29 is 57.6 Å². The molecule has 0 aliphatic heterocycles. The highest BCUT2D eigenvalue weighted by Gasteiger charge is 2.53. The molecule has 0 aliphatic rings. The Labute approximate surface area is 177 Å². The molecule has 0 amide bonds. The van der Waals surface area contributed by atoms with Gasteiger partial charge in [0.1, 0.15) is 0 Å². The van der Waals surface area contributed by atoms with Gasteiger partial charge in [-0.25, -0.2) is 32.3 Å². The third-order valence-corrected chi connectivity index (χ3v) is 5.13. The van der Waals surface area contributed by atoms with E-state index in [4.69, 9.17) is 43.6 Å². The highest BCUT2D eigenvalue weighted by Crippen LogP contribution is 2.44. The van der Waals surface area contributed by atoms with E-state index in [1.54, 1.807) is 0 Å². The van der Waals surface area contributed by atoms with Crippen LogP contribution in [-0.2, 0) is 24.0 Å². The van der Waals surface area contributed by atoms with Crippen LogP contribution in [0.3, 0.4) is 0 Å². The van der Waals surface area contributed by atoms with Crippen LogP contribution >= 0.6 is 23.2 Å². The minimum absolute atomic E-state index is 0.841. The van der Waals surface area contributed by atoms with Crippen molar-refractivity contribution in [3.63, 3.8) is 0 Å². The lowest BCUT2D eigenvalue weighted by Gasteiger charge is -2.36. The molecule has 0 bridgehead atoms.